The molecule has 1 fully saturated rings. The Morgan fingerprint density at radius 2 is 2.19 bits per heavy atom. The molecular formula is C12H19NO3. The Morgan fingerprint density at radius 1 is 1.50 bits per heavy atom. The fraction of sp³-hybridized carbons (Fsp3) is 0.667. The van der Waals surface area contributed by atoms with E-state index in [4.69, 9.17) is 4.74 Å². The van der Waals surface area contributed by atoms with E-state index < -0.39 is 0 Å². The first-order valence-corrected chi connectivity index (χ1v) is 5.75. The summed E-state index contributed by atoms with van der Waals surface area (Å²) in [6.07, 6.45) is 3.14. The first-order chi connectivity index (χ1) is 7.56. The largest absolute Gasteiger partial charge is 0.463 e. The van der Waals surface area contributed by atoms with E-state index in [-0.39, 0.29) is 17.8 Å². The molecule has 1 aliphatic heterocycles. The normalized spacial score (nSPS) is 18.2. The van der Waals surface area contributed by atoms with Crippen molar-refractivity contribution in [2.24, 2.45) is 5.92 Å². The highest BCUT2D eigenvalue weighted by Crippen LogP contribution is 2.23. The zero-order valence-corrected chi connectivity index (χ0v) is 10.2. The van der Waals surface area contributed by atoms with Gasteiger partial charge in [-0.3, -0.25) is 4.79 Å². The van der Waals surface area contributed by atoms with Gasteiger partial charge in [-0.2, -0.15) is 0 Å². The fourth-order valence-electron chi connectivity index (χ4n) is 1.73. The summed E-state index contributed by atoms with van der Waals surface area (Å²) < 4.78 is 4.84. The number of carbonyl (C=O) groups excluding carboxylic acids is 2. The number of hydrogen-bond donors (Lipinski definition) is 0. The fourth-order valence-corrected chi connectivity index (χ4v) is 1.73. The summed E-state index contributed by atoms with van der Waals surface area (Å²) in [6, 6.07) is 0. The topological polar surface area (TPSA) is 46.6 Å². The number of ether oxygens (including phenoxy) is 1. The van der Waals surface area contributed by atoms with E-state index in [1.807, 2.05) is 13.8 Å². The monoisotopic (exact) mass is 225 g/mol. The van der Waals surface area contributed by atoms with Crippen molar-refractivity contribution in [3.63, 3.8) is 0 Å². The van der Waals surface area contributed by atoms with E-state index >= 15 is 0 Å². The summed E-state index contributed by atoms with van der Waals surface area (Å²) in [7, 11) is 0. The average Bonchev–Trinajstić information content (AvgIpc) is 2.64. The van der Waals surface area contributed by atoms with Crippen LogP contribution in [0.5, 0.6) is 0 Å². The van der Waals surface area contributed by atoms with Gasteiger partial charge in [-0.15, -0.1) is 0 Å². The zero-order valence-electron chi connectivity index (χ0n) is 10.2. The van der Waals surface area contributed by atoms with Gasteiger partial charge in [-0.25, -0.2) is 4.79 Å². The molecule has 1 saturated heterocycles. The van der Waals surface area contributed by atoms with Crippen molar-refractivity contribution >= 4 is 11.9 Å². The molecule has 0 aromatic carbocycles. The maximum atomic E-state index is 11.8. The molecular weight excluding hydrogens is 206 g/mol. The molecule has 0 unspecified atom stereocenters. The van der Waals surface area contributed by atoms with Gasteiger partial charge in [0.1, 0.15) is 0 Å². The van der Waals surface area contributed by atoms with Gasteiger partial charge in [0.2, 0.25) is 5.91 Å². The predicted molar refractivity (Wildman–Crippen MR) is 60.5 cm³/mol. The Labute approximate surface area is 96.3 Å². The number of esters is 1. The Hall–Kier alpha value is -1.32. The number of rotatable bonds is 3. The van der Waals surface area contributed by atoms with Crippen LogP contribution < -0.4 is 0 Å². The molecule has 16 heavy (non-hydrogen) atoms. The molecule has 1 rings (SSSR count). The third-order valence-corrected chi connectivity index (χ3v) is 2.49. The van der Waals surface area contributed by atoms with Gasteiger partial charge in [0.15, 0.2) is 0 Å². The number of carbonyl (C=O) groups is 2. The molecule has 0 aromatic heterocycles. The second-order valence-electron chi connectivity index (χ2n) is 4.14. The lowest BCUT2D eigenvalue weighted by molar-refractivity contribution is -0.137. The summed E-state index contributed by atoms with van der Waals surface area (Å²) >= 11 is 0. The molecule has 0 aromatic rings. The second kappa shape index (κ2) is 5.68. The molecule has 90 valence electrons. The zero-order chi connectivity index (χ0) is 12.1. The van der Waals surface area contributed by atoms with Crippen molar-refractivity contribution in [3.8, 4) is 0 Å². The van der Waals surface area contributed by atoms with Crippen LogP contribution in [0.15, 0.2) is 11.8 Å². The highest BCUT2D eigenvalue weighted by molar-refractivity contribution is 5.86. The van der Waals surface area contributed by atoms with Gasteiger partial charge in [0.25, 0.3) is 0 Å². The van der Waals surface area contributed by atoms with Crippen LogP contribution in [0.3, 0.4) is 0 Å². The van der Waals surface area contributed by atoms with Crippen LogP contribution in [0, 0.1) is 5.92 Å². The van der Waals surface area contributed by atoms with E-state index in [0.29, 0.717) is 13.2 Å². The van der Waals surface area contributed by atoms with Gasteiger partial charge >= 0.3 is 5.97 Å². The number of allylic oxidation sites excluding steroid dienone is 1. The van der Waals surface area contributed by atoms with Crippen LogP contribution in [0.25, 0.3) is 0 Å². The minimum atomic E-state index is -0.360. The lowest BCUT2D eigenvalue weighted by Gasteiger charge is -2.19. The standard InChI is InChI=1S/C12H19NO3/c1-4-16-11(14)8-10-6-5-7-13(10)12(15)9(2)3/h8-9H,4-7H2,1-3H3/b10-8+. The SMILES string of the molecule is CCOC(=O)/C=C1\CCCN1C(=O)C(C)C. The summed E-state index contributed by atoms with van der Waals surface area (Å²) in [6.45, 7) is 6.57. The van der Waals surface area contributed by atoms with Crippen molar-refractivity contribution in [2.75, 3.05) is 13.2 Å². The van der Waals surface area contributed by atoms with Crippen molar-refractivity contribution in [1.29, 1.82) is 0 Å². The van der Waals surface area contributed by atoms with Gasteiger partial charge in [0.05, 0.1) is 6.61 Å². The van der Waals surface area contributed by atoms with Crippen LogP contribution >= 0.6 is 0 Å². The van der Waals surface area contributed by atoms with Crippen molar-refractivity contribution < 1.29 is 14.3 Å². The van der Waals surface area contributed by atoms with Crippen LogP contribution in [0.1, 0.15) is 33.6 Å². The van der Waals surface area contributed by atoms with Gasteiger partial charge in [-0.1, -0.05) is 13.8 Å². The van der Waals surface area contributed by atoms with Crippen molar-refractivity contribution in [1.82, 2.24) is 4.90 Å². The van der Waals surface area contributed by atoms with E-state index in [0.717, 1.165) is 18.5 Å². The maximum Gasteiger partial charge on any atom is 0.332 e. The molecule has 0 N–H and O–H groups in total. The van der Waals surface area contributed by atoms with Crippen LogP contribution in [-0.4, -0.2) is 29.9 Å². The quantitative estimate of drug-likeness (QED) is 0.542. The van der Waals surface area contributed by atoms with Crippen molar-refractivity contribution in [2.45, 2.75) is 33.6 Å². The molecule has 0 spiro atoms. The highest BCUT2D eigenvalue weighted by Gasteiger charge is 2.25. The highest BCUT2D eigenvalue weighted by atomic mass is 16.5. The number of hydrogen-bond acceptors (Lipinski definition) is 3. The Balaban J connectivity index is 2.72. The molecule has 0 radical (unpaired) electrons. The summed E-state index contributed by atoms with van der Waals surface area (Å²) in [5, 5.41) is 0. The minimum Gasteiger partial charge on any atom is -0.463 e. The van der Waals surface area contributed by atoms with Gasteiger partial charge < -0.3 is 9.64 Å². The van der Waals surface area contributed by atoms with E-state index in [1.165, 1.54) is 6.08 Å². The van der Waals surface area contributed by atoms with Crippen LogP contribution in [0.2, 0.25) is 0 Å². The first-order valence-electron chi connectivity index (χ1n) is 5.75. The van der Waals surface area contributed by atoms with Gasteiger partial charge in [-0.05, 0) is 19.8 Å². The summed E-state index contributed by atoms with van der Waals surface area (Å²) in [5.74, 6) is -0.322. The van der Waals surface area contributed by atoms with Crippen molar-refractivity contribution in [3.05, 3.63) is 11.8 Å². The van der Waals surface area contributed by atoms with E-state index in [2.05, 4.69) is 0 Å². The number of amides is 1. The summed E-state index contributed by atoms with van der Waals surface area (Å²) in [5.41, 5.74) is 0.789. The second-order valence-corrected chi connectivity index (χ2v) is 4.14. The third kappa shape index (κ3) is 3.08. The molecule has 0 atom stereocenters. The Kier molecular flexibility index (Phi) is 4.52. The minimum absolute atomic E-state index is 0.0382. The Bertz CT molecular complexity index is 307. The lowest BCUT2D eigenvalue weighted by Crippen LogP contribution is -2.30. The van der Waals surface area contributed by atoms with Crippen LogP contribution in [0.4, 0.5) is 0 Å². The molecule has 0 aliphatic carbocycles. The van der Waals surface area contributed by atoms with E-state index in [1.54, 1.807) is 11.8 Å². The first kappa shape index (κ1) is 12.7. The number of likely N-dealkylation sites (tertiary alicyclic amines) is 1. The smallest absolute Gasteiger partial charge is 0.332 e. The van der Waals surface area contributed by atoms with E-state index in [9.17, 15) is 9.59 Å². The molecule has 1 heterocycles. The molecule has 1 aliphatic rings. The molecule has 4 nitrogen and oxygen atoms in total. The average molecular weight is 225 g/mol. The molecule has 4 heteroatoms. The lowest BCUT2D eigenvalue weighted by atomic mass is 10.2. The third-order valence-electron chi connectivity index (χ3n) is 2.49. The predicted octanol–water partition coefficient (Wildman–Crippen LogP) is 1.71. The molecule has 1 amide bonds. The molecule has 0 bridgehead atoms. The van der Waals surface area contributed by atoms with Crippen LogP contribution in [-0.2, 0) is 14.3 Å². The summed E-state index contributed by atoms with van der Waals surface area (Å²) in [4.78, 5) is 24.8. The maximum absolute atomic E-state index is 11.8. The molecule has 0 saturated carbocycles. The van der Waals surface area contributed by atoms with Gasteiger partial charge in [0, 0.05) is 24.2 Å². The number of nitrogens with zero attached hydrogens (tertiary/aromatic N) is 1. The Morgan fingerprint density at radius 3 is 2.75 bits per heavy atom.